The lowest BCUT2D eigenvalue weighted by atomic mass is 9.97. The van der Waals surface area contributed by atoms with Crippen LogP contribution in [0.25, 0.3) is 0 Å². The Kier molecular flexibility index (Phi) is 3.72. The molecule has 18 heavy (non-hydrogen) atoms. The lowest BCUT2D eigenvalue weighted by Gasteiger charge is -2.18. The zero-order chi connectivity index (χ0) is 13.1. The standard InChI is InChI=1S/C15H15F2N/c1-10-8-9-12(14(17)13(10)16)15(18-2)11-6-4-3-5-7-11/h3-9,15,18H,1-2H3. The quantitative estimate of drug-likeness (QED) is 0.874. The molecule has 2 rings (SSSR count). The van der Waals surface area contributed by atoms with Crippen molar-refractivity contribution in [3.05, 3.63) is 70.8 Å². The van der Waals surface area contributed by atoms with Crippen LogP contribution in [-0.2, 0) is 0 Å². The lowest BCUT2D eigenvalue weighted by Crippen LogP contribution is -2.19. The summed E-state index contributed by atoms with van der Waals surface area (Å²) in [6.45, 7) is 1.55. The van der Waals surface area contributed by atoms with Gasteiger partial charge in [-0.15, -0.1) is 0 Å². The maximum atomic E-state index is 14.0. The Hall–Kier alpha value is -1.74. The van der Waals surface area contributed by atoms with Crippen LogP contribution in [0.3, 0.4) is 0 Å². The molecular formula is C15H15F2N. The van der Waals surface area contributed by atoms with Crippen LogP contribution in [-0.4, -0.2) is 7.05 Å². The Bertz CT molecular complexity index is 538. The lowest BCUT2D eigenvalue weighted by molar-refractivity contribution is 0.482. The molecule has 2 aromatic rings. The zero-order valence-corrected chi connectivity index (χ0v) is 10.4. The van der Waals surface area contributed by atoms with Crippen LogP contribution in [0.4, 0.5) is 8.78 Å². The van der Waals surface area contributed by atoms with Gasteiger partial charge in [0.1, 0.15) is 0 Å². The highest BCUT2D eigenvalue weighted by Crippen LogP contribution is 2.26. The summed E-state index contributed by atoms with van der Waals surface area (Å²) in [5.74, 6) is -1.55. The van der Waals surface area contributed by atoms with Gasteiger partial charge in [-0.05, 0) is 25.1 Å². The zero-order valence-electron chi connectivity index (χ0n) is 10.4. The van der Waals surface area contributed by atoms with Gasteiger partial charge in [-0.2, -0.15) is 0 Å². The molecule has 0 amide bonds. The summed E-state index contributed by atoms with van der Waals surface area (Å²) in [7, 11) is 1.73. The van der Waals surface area contributed by atoms with Crippen molar-refractivity contribution in [2.45, 2.75) is 13.0 Å². The molecule has 0 aliphatic rings. The van der Waals surface area contributed by atoms with Gasteiger partial charge in [0.05, 0.1) is 6.04 Å². The van der Waals surface area contributed by atoms with Gasteiger partial charge in [0.15, 0.2) is 11.6 Å². The largest absolute Gasteiger partial charge is 0.309 e. The minimum absolute atomic E-state index is 0.319. The van der Waals surface area contributed by atoms with Crippen LogP contribution in [0.15, 0.2) is 42.5 Å². The first-order valence-electron chi connectivity index (χ1n) is 5.82. The van der Waals surface area contributed by atoms with Crippen LogP contribution in [0.2, 0.25) is 0 Å². The van der Waals surface area contributed by atoms with Crippen molar-refractivity contribution in [1.82, 2.24) is 5.32 Å². The van der Waals surface area contributed by atoms with Crippen molar-refractivity contribution >= 4 is 0 Å². The van der Waals surface area contributed by atoms with Crippen LogP contribution < -0.4 is 5.32 Å². The number of benzene rings is 2. The summed E-state index contributed by atoms with van der Waals surface area (Å²) in [5.41, 5.74) is 1.55. The van der Waals surface area contributed by atoms with Gasteiger partial charge in [0, 0.05) is 5.56 Å². The summed E-state index contributed by atoms with van der Waals surface area (Å²) in [5, 5.41) is 3.02. The van der Waals surface area contributed by atoms with Gasteiger partial charge >= 0.3 is 0 Å². The molecular weight excluding hydrogens is 232 g/mol. The van der Waals surface area contributed by atoms with Crippen molar-refractivity contribution in [2.75, 3.05) is 7.05 Å². The molecule has 0 heterocycles. The van der Waals surface area contributed by atoms with E-state index in [1.807, 2.05) is 30.3 Å². The van der Waals surface area contributed by atoms with E-state index in [0.717, 1.165) is 5.56 Å². The third-order valence-electron chi connectivity index (χ3n) is 3.04. The van der Waals surface area contributed by atoms with Gasteiger partial charge in [0.25, 0.3) is 0 Å². The minimum Gasteiger partial charge on any atom is -0.309 e. The fourth-order valence-corrected chi connectivity index (χ4v) is 2.03. The monoisotopic (exact) mass is 247 g/mol. The number of hydrogen-bond acceptors (Lipinski definition) is 1. The van der Waals surface area contributed by atoms with Gasteiger partial charge in [-0.3, -0.25) is 0 Å². The van der Waals surface area contributed by atoms with E-state index in [1.165, 1.54) is 0 Å². The van der Waals surface area contributed by atoms with Gasteiger partial charge < -0.3 is 5.32 Å². The highest BCUT2D eigenvalue weighted by atomic mass is 19.2. The van der Waals surface area contributed by atoms with Crippen molar-refractivity contribution in [3.8, 4) is 0 Å². The maximum absolute atomic E-state index is 14.0. The molecule has 3 heteroatoms. The second kappa shape index (κ2) is 5.27. The van der Waals surface area contributed by atoms with E-state index in [0.29, 0.717) is 11.1 Å². The van der Waals surface area contributed by atoms with E-state index in [4.69, 9.17) is 0 Å². The molecule has 0 spiro atoms. The molecule has 0 aliphatic heterocycles. The smallest absolute Gasteiger partial charge is 0.164 e. The van der Waals surface area contributed by atoms with Crippen molar-refractivity contribution in [2.24, 2.45) is 0 Å². The van der Waals surface area contributed by atoms with E-state index in [1.54, 1.807) is 26.1 Å². The molecule has 0 aromatic heterocycles. The Labute approximate surface area is 105 Å². The molecule has 1 unspecified atom stereocenters. The normalized spacial score (nSPS) is 12.4. The maximum Gasteiger partial charge on any atom is 0.164 e. The molecule has 94 valence electrons. The second-order valence-electron chi connectivity index (χ2n) is 4.23. The highest BCUT2D eigenvalue weighted by Gasteiger charge is 2.19. The highest BCUT2D eigenvalue weighted by molar-refractivity contribution is 5.35. The third kappa shape index (κ3) is 2.27. The van der Waals surface area contributed by atoms with Crippen LogP contribution in [0.1, 0.15) is 22.7 Å². The first kappa shape index (κ1) is 12.7. The summed E-state index contributed by atoms with van der Waals surface area (Å²) in [6.07, 6.45) is 0. The number of hydrogen-bond donors (Lipinski definition) is 1. The molecule has 1 nitrogen and oxygen atoms in total. The van der Waals surface area contributed by atoms with Crippen LogP contribution >= 0.6 is 0 Å². The van der Waals surface area contributed by atoms with Crippen molar-refractivity contribution < 1.29 is 8.78 Å². The fraction of sp³-hybridized carbons (Fsp3) is 0.200. The summed E-state index contributed by atoms with van der Waals surface area (Å²) < 4.78 is 27.6. The number of halogens is 2. The summed E-state index contributed by atoms with van der Waals surface area (Å²) >= 11 is 0. The topological polar surface area (TPSA) is 12.0 Å². The van der Waals surface area contributed by atoms with Crippen LogP contribution in [0, 0.1) is 18.6 Å². The number of aryl methyl sites for hydroxylation is 1. The molecule has 0 aliphatic carbocycles. The minimum atomic E-state index is -0.779. The SMILES string of the molecule is CNC(c1ccccc1)c1ccc(C)c(F)c1F. The van der Waals surface area contributed by atoms with Crippen molar-refractivity contribution in [3.63, 3.8) is 0 Å². The first-order chi connectivity index (χ1) is 8.65. The second-order valence-corrected chi connectivity index (χ2v) is 4.23. The summed E-state index contributed by atoms with van der Waals surface area (Å²) in [4.78, 5) is 0. The van der Waals surface area contributed by atoms with Crippen molar-refractivity contribution in [1.29, 1.82) is 0 Å². The molecule has 2 aromatic carbocycles. The molecule has 0 radical (unpaired) electrons. The van der Waals surface area contributed by atoms with E-state index in [2.05, 4.69) is 5.32 Å². The Morgan fingerprint density at radius 1 is 0.944 bits per heavy atom. The molecule has 0 saturated carbocycles. The molecule has 0 bridgehead atoms. The predicted molar refractivity (Wildman–Crippen MR) is 68.4 cm³/mol. The number of nitrogens with one attached hydrogen (secondary N) is 1. The van der Waals surface area contributed by atoms with E-state index >= 15 is 0 Å². The Morgan fingerprint density at radius 3 is 2.22 bits per heavy atom. The molecule has 0 fully saturated rings. The van der Waals surface area contributed by atoms with Gasteiger partial charge in [-0.25, -0.2) is 8.78 Å². The van der Waals surface area contributed by atoms with Gasteiger partial charge in [-0.1, -0.05) is 42.5 Å². The fourth-order valence-electron chi connectivity index (χ4n) is 2.03. The number of rotatable bonds is 3. The Morgan fingerprint density at radius 2 is 1.61 bits per heavy atom. The van der Waals surface area contributed by atoms with Crippen LogP contribution in [0.5, 0.6) is 0 Å². The Balaban J connectivity index is 2.50. The molecule has 1 N–H and O–H groups in total. The summed E-state index contributed by atoms with van der Waals surface area (Å²) in [6, 6.07) is 12.3. The molecule has 0 saturated heterocycles. The average Bonchev–Trinajstić information content (AvgIpc) is 2.41. The average molecular weight is 247 g/mol. The van der Waals surface area contributed by atoms with E-state index < -0.39 is 11.6 Å². The third-order valence-corrected chi connectivity index (χ3v) is 3.04. The van der Waals surface area contributed by atoms with E-state index in [-0.39, 0.29) is 6.04 Å². The molecule has 1 atom stereocenters. The predicted octanol–water partition coefficient (Wildman–Crippen LogP) is 3.58. The van der Waals surface area contributed by atoms with Gasteiger partial charge in [0.2, 0.25) is 0 Å². The van der Waals surface area contributed by atoms with E-state index in [9.17, 15) is 8.78 Å². The first-order valence-corrected chi connectivity index (χ1v) is 5.82.